The molecule has 96 valence electrons. The average molecular weight is 256 g/mol. The minimum absolute atomic E-state index is 0.0636. The molecule has 1 heterocycles. The van der Waals surface area contributed by atoms with Gasteiger partial charge in [0.1, 0.15) is 0 Å². The van der Waals surface area contributed by atoms with Crippen LogP contribution in [-0.4, -0.2) is 22.1 Å². The lowest BCUT2D eigenvalue weighted by Gasteiger charge is -2.14. The van der Waals surface area contributed by atoms with Crippen molar-refractivity contribution in [2.45, 2.75) is 51.5 Å². The second kappa shape index (κ2) is 5.60. The highest BCUT2D eigenvalue weighted by atomic mass is 32.1. The summed E-state index contributed by atoms with van der Waals surface area (Å²) in [6, 6.07) is -0.124. The zero-order chi connectivity index (χ0) is 13.1. The molecule has 1 aromatic heterocycles. The molecule has 0 bridgehead atoms. The van der Waals surface area contributed by atoms with Gasteiger partial charge in [0.2, 0.25) is 0 Å². The largest absolute Gasteiger partial charge is 0.481 e. The molecule has 1 aromatic rings. The monoisotopic (exact) mass is 256 g/mol. The van der Waals surface area contributed by atoms with Gasteiger partial charge >= 0.3 is 5.97 Å². The average Bonchev–Trinajstić information content (AvgIpc) is 2.62. The Kier molecular flexibility index (Phi) is 4.65. The van der Waals surface area contributed by atoms with Gasteiger partial charge in [0, 0.05) is 29.7 Å². The second-order valence-corrected chi connectivity index (χ2v) is 6.15. The third-order valence-electron chi connectivity index (χ3n) is 2.39. The van der Waals surface area contributed by atoms with Crippen molar-refractivity contribution in [2.75, 3.05) is 0 Å². The summed E-state index contributed by atoms with van der Waals surface area (Å²) in [5.74, 6) is -0.797. The Labute approximate surface area is 106 Å². The van der Waals surface area contributed by atoms with Gasteiger partial charge in [-0.05, 0) is 6.42 Å². The minimum atomic E-state index is -0.797. The van der Waals surface area contributed by atoms with Crippen molar-refractivity contribution in [3.05, 3.63) is 16.1 Å². The number of rotatable bonds is 5. The van der Waals surface area contributed by atoms with Crippen LogP contribution in [0.4, 0.5) is 0 Å². The SMILES string of the molecule is CC(C)(C)c1nc(CC(N)CCC(=O)O)cs1. The van der Waals surface area contributed by atoms with Gasteiger partial charge in [-0.15, -0.1) is 11.3 Å². The molecule has 5 heteroatoms. The van der Waals surface area contributed by atoms with Gasteiger partial charge in [-0.3, -0.25) is 4.79 Å². The molecular weight excluding hydrogens is 236 g/mol. The van der Waals surface area contributed by atoms with Crippen molar-refractivity contribution in [1.82, 2.24) is 4.98 Å². The summed E-state index contributed by atoms with van der Waals surface area (Å²) in [6.45, 7) is 6.37. The number of aliphatic carboxylic acids is 1. The van der Waals surface area contributed by atoms with Gasteiger partial charge in [-0.1, -0.05) is 20.8 Å². The van der Waals surface area contributed by atoms with Gasteiger partial charge in [0.05, 0.1) is 10.7 Å². The first-order chi connectivity index (χ1) is 7.79. The molecule has 17 heavy (non-hydrogen) atoms. The molecule has 0 saturated carbocycles. The number of carboxylic acids is 1. The first-order valence-electron chi connectivity index (χ1n) is 5.71. The van der Waals surface area contributed by atoms with Crippen LogP contribution in [0.1, 0.15) is 44.3 Å². The maximum atomic E-state index is 10.4. The van der Waals surface area contributed by atoms with E-state index in [2.05, 4.69) is 25.8 Å². The number of aromatic nitrogens is 1. The van der Waals surface area contributed by atoms with Crippen LogP contribution < -0.4 is 5.73 Å². The van der Waals surface area contributed by atoms with Crippen LogP contribution in [0, 0.1) is 0 Å². The molecule has 1 rings (SSSR count). The molecule has 3 N–H and O–H groups in total. The van der Waals surface area contributed by atoms with Crippen molar-refractivity contribution >= 4 is 17.3 Å². The summed E-state index contributed by atoms with van der Waals surface area (Å²) < 4.78 is 0. The number of hydrogen-bond donors (Lipinski definition) is 2. The summed E-state index contributed by atoms with van der Waals surface area (Å²) in [4.78, 5) is 15.0. The molecular formula is C12H20N2O2S. The molecule has 0 fully saturated rings. The molecule has 0 radical (unpaired) electrons. The van der Waals surface area contributed by atoms with Crippen molar-refractivity contribution in [2.24, 2.45) is 5.73 Å². The van der Waals surface area contributed by atoms with Gasteiger partial charge in [-0.2, -0.15) is 0 Å². The van der Waals surface area contributed by atoms with Crippen molar-refractivity contribution in [3.63, 3.8) is 0 Å². The van der Waals surface area contributed by atoms with Crippen LogP contribution in [-0.2, 0) is 16.6 Å². The quantitative estimate of drug-likeness (QED) is 0.846. The molecule has 1 atom stereocenters. The Morgan fingerprint density at radius 1 is 1.59 bits per heavy atom. The number of nitrogens with zero attached hydrogens (tertiary/aromatic N) is 1. The molecule has 0 aromatic carbocycles. The third kappa shape index (κ3) is 4.83. The van der Waals surface area contributed by atoms with E-state index in [0.29, 0.717) is 12.8 Å². The van der Waals surface area contributed by atoms with Crippen LogP contribution in [0.15, 0.2) is 5.38 Å². The summed E-state index contributed by atoms with van der Waals surface area (Å²) in [7, 11) is 0. The van der Waals surface area contributed by atoms with E-state index in [9.17, 15) is 4.79 Å². The lowest BCUT2D eigenvalue weighted by molar-refractivity contribution is -0.137. The Hall–Kier alpha value is -0.940. The lowest BCUT2D eigenvalue weighted by atomic mass is 9.98. The highest BCUT2D eigenvalue weighted by Gasteiger charge is 2.18. The third-order valence-corrected chi connectivity index (χ3v) is 3.71. The molecule has 0 saturated heterocycles. The van der Waals surface area contributed by atoms with Crippen LogP contribution in [0.3, 0.4) is 0 Å². The maximum absolute atomic E-state index is 10.4. The molecule has 0 amide bonds. The molecule has 0 spiro atoms. The van der Waals surface area contributed by atoms with E-state index in [1.165, 1.54) is 0 Å². The number of carboxylic acid groups (broad SMARTS) is 1. The number of hydrogen-bond acceptors (Lipinski definition) is 4. The zero-order valence-electron chi connectivity index (χ0n) is 10.6. The van der Waals surface area contributed by atoms with Crippen molar-refractivity contribution in [1.29, 1.82) is 0 Å². The predicted molar refractivity (Wildman–Crippen MR) is 69.4 cm³/mol. The van der Waals surface area contributed by atoms with Crippen LogP contribution in [0.5, 0.6) is 0 Å². The summed E-state index contributed by atoms with van der Waals surface area (Å²) in [5, 5.41) is 11.7. The molecule has 1 unspecified atom stereocenters. The normalized spacial score (nSPS) is 13.6. The first kappa shape index (κ1) is 14.1. The zero-order valence-corrected chi connectivity index (χ0v) is 11.4. The topological polar surface area (TPSA) is 76.2 Å². The van der Waals surface area contributed by atoms with Crippen LogP contribution in [0.2, 0.25) is 0 Å². The van der Waals surface area contributed by atoms with Crippen molar-refractivity contribution < 1.29 is 9.90 Å². The smallest absolute Gasteiger partial charge is 0.303 e. The van der Waals surface area contributed by atoms with Crippen LogP contribution in [0.25, 0.3) is 0 Å². The highest BCUT2D eigenvalue weighted by molar-refractivity contribution is 7.09. The van der Waals surface area contributed by atoms with Gasteiger partial charge in [0.25, 0.3) is 0 Å². The summed E-state index contributed by atoms with van der Waals surface area (Å²) in [6.07, 6.45) is 1.27. The van der Waals surface area contributed by atoms with E-state index in [1.807, 2.05) is 5.38 Å². The Morgan fingerprint density at radius 3 is 2.71 bits per heavy atom. The van der Waals surface area contributed by atoms with E-state index in [1.54, 1.807) is 11.3 Å². The fraction of sp³-hybridized carbons (Fsp3) is 0.667. The van der Waals surface area contributed by atoms with Gasteiger partial charge < -0.3 is 10.8 Å². The predicted octanol–water partition coefficient (Wildman–Crippen LogP) is 2.18. The fourth-order valence-corrected chi connectivity index (χ4v) is 2.34. The maximum Gasteiger partial charge on any atom is 0.303 e. The number of nitrogens with two attached hydrogens (primary N) is 1. The molecule has 0 aliphatic carbocycles. The lowest BCUT2D eigenvalue weighted by Crippen LogP contribution is -2.24. The Balaban J connectivity index is 2.52. The Morgan fingerprint density at radius 2 is 2.24 bits per heavy atom. The fourth-order valence-electron chi connectivity index (χ4n) is 1.42. The van der Waals surface area contributed by atoms with E-state index < -0.39 is 5.97 Å². The molecule has 0 aliphatic rings. The summed E-state index contributed by atoms with van der Waals surface area (Å²) in [5.41, 5.74) is 6.91. The minimum Gasteiger partial charge on any atom is -0.481 e. The van der Waals surface area contributed by atoms with Crippen molar-refractivity contribution in [3.8, 4) is 0 Å². The van der Waals surface area contributed by atoms with E-state index >= 15 is 0 Å². The van der Waals surface area contributed by atoms with Gasteiger partial charge in [0.15, 0.2) is 0 Å². The van der Waals surface area contributed by atoms with Gasteiger partial charge in [-0.25, -0.2) is 4.98 Å². The van der Waals surface area contributed by atoms with E-state index in [-0.39, 0.29) is 17.9 Å². The standard InChI is InChI=1S/C12H20N2O2S/c1-12(2,3)11-14-9(7-17-11)6-8(13)4-5-10(15)16/h7-8H,4-6,13H2,1-3H3,(H,15,16). The number of thiazole rings is 1. The van der Waals surface area contributed by atoms with E-state index in [0.717, 1.165) is 10.7 Å². The highest BCUT2D eigenvalue weighted by Crippen LogP contribution is 2.25. The number of carbonyl (C=O) groups is 1. The second-order valence-electron chi connectivity index (χ2n) is 5.29. The Bertz CT molecular complexity index is 382. The molecule has 4 nitrogen and oxygen atoms in total. The first-order valence-corrected chi connectivity index (χ1v) is 6.59. The van der Waals surface area contributed by atoms with E-state index in [4.69, 9.17) is 10.8 Å². The van der Waals surface area contributed by atoms with Crippen LogP contribution >= 0.6 is 11.3 Å². The molecule has 0 aliphatic heterocycles. The summed E-state index contributed by atoms with van der Waals surface area (Å²) >= 11 is 1.64.